The van der Waals surface area contributed by atoms with E-state index >= 15 is 0 Å². The van der Waals surface area contributed by atoms with E-state index in [1.165, 1.54) is 31.6 Å². The van der Waals surface area contributed by atoms with Crippen molar-refractivity contribution < 1.29 is 33.2 Å². The average molecular weight is 435 g/mol. The number of nitrogens with one attached hydrogen (secondary N) is 1. The molecular formula is C22H17N3O7. The van der Waals surface area contributed by atoms with Crippen molar-refractivity contribution >= 4 is 29.5 Å². The summed E-state index contributed by atoms with van der Waals surface area (Å²) in [7, 11) is 1.38. The zero-order chi connectivity index (χ0) is 22.7. The molecule has 0 bridgehead atoms. The predicted octanol–water partition coefficient (Wildman–Crippen LogP) is 2.27. The number of esters is 1. The van der Waals surface area contributed by atoms with Crippen LogP contribution >= 0.6 is 0 Å². The maximum absolute atomic E-state index is 12.6. The van der Waals surface area contributed by atoms with Gasteiger partial charge in [-0.25, -0.2) is 4.79 Å². The first-order valence-electron chi connectivity index (χ1n) is 9.47. The van der Waals surface area contributed by atoms with Gasteiger partial charge in [0.1, 0.15) is 17.6 Å². The fraction of sp³-hybridized carbons (Fsp3) is 0.136. The molecule has 0 saturated heterocycles. The number of carbonyl (C=O) groups excluding carboxylic acids is 4. The maximum atomic E-state index is 12.6. The number of carbonyl (C=O) groups is 4. The van der Waals surface area contributed by atoms with Gasteiger partial charge in [-0.15, -0.1) is 0 Å². The summed E-state index contributed by atoms with van der Waals surface area (Å²) in [4.78, 5) is 50.8. The number of hydrogen-bond acceptors (Lipinski definition) is 8. The first kappa shape index (κ1) is 20.8. The monoisotopic (exact) mass is 435 g/mol. The lowest BCUT2D eigenvalue weighted by Crippen LogP contribution is -2.29. The van der Waals surface area contributed by atoms with Crippen molar-refractivity contribution in [3.8, 4) is 5.75 Å². The third-order valence-corrected chi connectivity index (χ3v) is 4.74. The van der Waals surface area contributed by atoms with Crippen molar-refractivity contribution in [3.05, 3.63) is 77.0 Å². The Bertz CT molecular complexity index is 1170. The normalized spacial score (nSPS) is 12.5. The number of benzene rings is 2. The van der Waals surface area contributed by atoms with Crippen LogP contribution in [-0.2, 0) is 16.1 Å². The predicted molar refractivity (Wildman–Crippen MR) is 109 cm³/mol. The third-order valence-electron chi connectivity index (χ3n) is 4.74. The van der Waals surface area contributed by atoms with Crippen LogP contribution in [0.5, 0.6) is 5.75 Å². The number of rotatable bonds is 7. The number of amides is 3. The minimum atomic E-state index is -0.804. The van der Waals surface area contributed by atoms with Crippen molar-refractivity contribution in [3.63, 3.8) is 0 Å². The molecule has 2 aromatic carbocycles. The Morgan fingerprint density at radius 1 is 1.06 bits per heavy atom. The van der Waals surface area contributed by atoms with E-state index in [0.717, 1.165) is 4.90 Å². The second-order valence-corrected chi connectivity index (χ2v) is 6.79. The largest absolute Gasteiger partial charge is 0.496 e. The van der Waals surface area contributed by atoms with E-state index in [-0.39, 0.29) is 23.7 Å². The molecule has 0 unspecified atom stereocenters. The molecular weight excluding hydrogens is 418 g/mol. The van der Waals surface area contributed by atoms with E-state index in [9.17, 15) is 19.2 Å². The van der Waals surface area contributed by atoms with Crippen LogP contribution in [0.15, 0.2) is 59.3 Å². The Balaban J connectivity index is 1.47. The number of hydrogen-bond donors (Lipinski definition) is 1. The Kier molecular flexibility index (Phi) is 5.67. The van der Waals surface area contributed by atoms with Gasteiger partial charge in [-0.1, -0.05) is 23.4 Å². The van der Waals surface area contributed by atoms with Gasteiger partial charge in [-0.05, 0) is 29.8 Å². The first-order chi connectivity index (χ1) is 15.5. The van der Waals surface area contributed by atoms with Crippen molar-refractivity contribution in [1.29, 1.82) is 0 Å². The molecule has 0 spiro atoms. The molecule has 1 aliphatic heterocycles. The smallest absolute Gasteiger partial charge is 0.342 e. The first-order valence-corrected chi connectivity index (χ1v) is 9.47. The summed E-state index contributed by atoms with van der Waals surface area (Å²) in [6, 6.07) is 12.6. The van der Waals surface area contributed by atoms with E-state index in [2.05, 4.69) is 15.0 Å². The molecule has 3 amide bonds. The Morgan fingerprint density at radius 2 is 1.78 bits per heavy atom. The van der Waals surface area contributed by atoms with E-state index in [1.54, 1.807) is 30.3 Å². The highest BCUT2D eigenvalue weighted by molar-refractivity contribution is 6.21. The molecule has 0 saturated carbocycles. The van der Waals surface area contributed by atoms with Crippen LogP contribution < -0.4 is 10.1 Å². The minimum absolute atomic E-state index is 0.0384. The van der Waals surface area contributed by atoms with Crippen molar-refractivity contribution in [2.45, 2.75) is 6.54 Å². The quantitative estimate of drug-likeness (QED) is 0.442. The zero-order valence-corrected chi connectivity index (χ0v) is 16.9. The topological polar surface area (TPSA) is 128 Å². The second-order valence-electron chi connectivity index (χ2n) is 6.79. The van der Waals surface area contributed by atoms with E-state index < -0.39 is 30.3 Å². The van der Waals surface area contributed by atoms with Gasteiger partial charge in [-0.2, -0.15) is 0 Å². The van der Waals surface area contributed by atoms with Crippen LogP contribution in [0.2, 0.25) is 0 Å². The van der Waals surface area contributed by atoms with Crippen molar-refractivity contribution in [2.24, 2.45) is 0 Å². The molecule has 1 N–H and O–H groups in total. The van der Waals surface area contributed by atoms with Gasteiger partial charge in [0.2, 0.25) is 0 Å². The fourth-order valence-corrected chi connectivity index (χ4v) is 3.24. The van der Waals surface area contributed by atoms with Crippen LogP contribution in [0.3, 0.4) is 0 Å². The molecule has 10 heteroatoms. The van der Waals surface area contributed by atoms with Gasteiger partial charge >= 0.3 is 5.97 Å². The third kappa shape index (κ3) is 4.06. The molecule has 10 nitrogen and oxygen atoms in total. The summed E-state index contributed by atoms with van der Waals surface area (Å²) < 4.78 is 14.9. The number of nitrogens with zero attached hydrogens (tertiary/aromatic N) is 2. The zero-order valence-electron chi connectivity index (χ0n) is 16.9. The van der Waals surface area contributed by atoms with Gasteiger partial charge in [0.05, 0.1) is 24.8 Å². The average Bonchev–Trinajstić information content (AvgIpc) is 3.40. The van der Waals surface area contributed by atoms with Gasteiger partial charge in [-0.3, -0.25) is 19.3 Å². The lowest BCUT2D eigenvalue weighted by atomic mass is 10.1. The lowest BCUT2D eigenvalue weighted by Gasteiger charge is -2.16. The van der Waals surface area contributed by atoms with Gasteiger partial charge in [0.25, 0.3) is 17.7 Å². The van der Waals surface area contributed by atoms with Crippen LogP contribution in [0.25, 0.3) is 0 Å². The standard InChI is InChI=1S/C22H17N3O7/c1-30-17-7-6-13(11-25-20(27)14-4-2-3-5-15(14)21(25)28)10-16(17)22(29)31-12-19(26)23-18-8-9-32-24-18/h2-10H,11-12H2,1H3,(H,23,24,26). The number of anilines is 1. The summed E-state index contributed by atoms with van der Waals surface area (Å²) in [5, 5.41) is 5.93. The lowest BCUT2D eigenvalue weighted by molar-refractivity contribution is -0.119. The van der Waals surface area contributed by atoms with Crippen LogP contribution in [-0.4, -0.2) is 47.5 Å². The Morgan fingerprint density at radius 3 is 2.41 bits per heavy atom. The van der Waals surface area contributed by atoms with Gasteiger partial charge in [0.15, 0.2) is 12.4 Å². The highest BCUT2D eigenvalue weighted by atomic mass is 16.5. The molecule has 1 aromatic heterocycles. The molecule has 3 aromatic rings. The number of imide groups is 1. The maximum Gasteiger partial charge on any atom is 0.342 e. The number of aromatic nitrogens is 1. The number of methoxy groups -OCH3 is 1. The molecule has 4 rings (SSSR count). The van der Waals surface area contributed by atoms with Crippen molar-refractivity contribution in [1.82, 2.24) is 10.1 Å². The van der Waals surface area contributed by atoms with Crippen molar-refractivity contribution in [2.75, 3.05) is 19.0 Å². The molecule has 162 valence electrons. The summed E-state index contributed by atoms with van der Waals surface area (Å²) in [6.07, 6.45) is 1.28. The SMILES string of the molecule is COc1ccc(CN2C(=O)c3ccccc3C2=O)cc1C(=O)OCC(=O)Nc1ccon1. The van der Waals surface area contributed by atoms with Gasteiger partial charge in [0, 0.05) is 6.07 Å². The summed E-state index contributed by atoms with van der Waals surface area (Å²) in [5.74, 6) is -1.82. The van der Waals surface area contributed by atoms with E-state index in [0.29, 0.717) is 16.7 Å². The summed E-state index contributed by atoms with van der Waals surface area (Å²) in [6.45, 7) is -0.596. The minimum Gasteiger partial charge on any atom is -0.496 e. The molecule has 0 radical (unpaired) electrons. The van der Waals surface area contributed by atoms with Crippen LogP contribution in [0.4, 0.5) is 5.82 Å². The summed E-state index contributed by atoms with van der Waals surface area (Å²) >= 11 is 0. The van der Waals surface area contributed by atoms with Crippen LogP contribution in [0.1, 0.15) is 36.6 Å². The highest BCUT2D eigenvalue weighted by Gasteiger charge is 2.35. The van der Waals surface area contributed by atoms with Crippen LogP contribution in [0, 0.1) is 0 Å². The molecule has 0 fully saturated rings. The number of ether oxygens (including phenoxy) is 2. The second kappa shape index (κ2) is 8.72. The summed E-state index contributed by atoms with van der Waals surface area (Å²) in [5.41, 5.74) is 1.24. The van der Waals surface area contributed by atoms with Gasteiger partial charge < -0.3 is 19.3 Å². The Labute approximate surface area is 181 Å². The molecule has 1 aliphatic rings. The van der Waals surface area contributed by atoms with E-state index in [1.807, 2.05) is 0 Å². The molecule has 32 heavy (non-hydrogen) atoms. The molecule has 0 aliphatic carbocycles. The fourth-order valence-electron chi connectivity index (χ4n) is 3.24. The van der Waals surface area contributed by atoms with E-state index in [4.69, 9.17) is 9.47 Å². The molecule has 2 heterocycles. The number of fused-ring (bicyclic) bond motifs is 1. The molecule has 0 atom stereocenters. The Hall–Kier alpha value is -4.47. The highest BCUT2D eigenvalue weighted by Crippen LogP contribution is 2.26.